The Bertz CT molecular complexity index is 909. The van der Waals surface area contributed by atoms with Crippen molar-refractivity contribution < 1.29 is 8.42 Å². The molecule has 0 radical (unpaired) electrons. The SMILES string of the molecule is O=S(=O)(Nc1cccc2cccnc12)C1=CC=C=C=C1. The highest BCUT2D eigenvalue weighted by molar-refractivity contribution is 7.96. The molecule has 1 N–H and O–H groups in total. The van der Waals surface area contributed by atoms with Crippen LogP contribution in [0.2, 0.25) is 0 Å². The number of fused-ring (bicyclic) bond motifs is 1. The number of sulfonamides is 1. The Morgan fingerprint density at radius 1 is 1.10 bits per heavy atom. The lowest BCUT2D eigenvalue weighted by molar-refractivity contribution is 0.608. The summed E-state index contributed by atoms with van der Waals surface area (Å²) in [4.78, 5) is 4.36. The molecule has 98 valence electrons. The quantitative estimate of drug-likeness (QED) is 0.881. The molecule has 0 amide bonds. The van der Waals surface area contributed by atoms with E-state index in [0.717, 1.165) is 5.39 Å². The first-order valence-corrected chi connectivity index (χ1v) is 7.39. The van der Waals surface area contributed by atoms with Crippen molar-refractivity contribution in [3.05, 3.63) is 71.1 Å². The molecule has 4 nitrogen and oxygen atoms in total. The van der Waals surface area contributed by atoms with Gasteiger partial charge >= 0.3 is 0 Å². The summed E-state index contributed by atoms with van der Waals surface area (Å²) in [5, 5.41) is 0.876. The van der Waals surface area contributed by atoms with Gasteiger partial charge in [-0.25, -0.2) is 8.42 Å². The second kappa shape index (κ2) is 4.83. The van der Waals surface area contributed by atoms with E-state index in [1.165, 1.54) is 18.2 Å². The predicted molar refractivity (Wildman–Crippen MR) is 78.5 cm³/mol. The average molecular weight is 282 g/mol. The number of para-hydroxylation sites is 1. The highest BCUT2D eigenvalue weighted by atomic mass is 32.2. The van der Waals surface area contributed by atoms with Gasteiger partial charge in [-0.15, -0.1) is 0 Å². The minimum absolute atomic E-state index is 0.143. The van der Waals surface area contributed by atoms with E-state index in [1.807, 2.05) is 18.2 Å². The van der Waals surface area contributed by atoms with Crippen LogP contribution in [0, 0.1) is 0 Å². The van der Waals surface area contributed by atoms with Crippen LogP contribution in [-0.2, 0) is 10.0 Å². The smallest absolute Gasteiger partial charge is 0.262 e. The van der Waals surface area contributed by atoms with Crippen molar-refractivity contribution in [2.45, 2.75) is 0 Å². The van der Waals surface area contributed by atoms with E-state index in [0.29, 0.717) is 11.2 Å². The second-order valence-corrected chi connectivity index (χ2v) is 5.84. The lowest BCUT2D eigenvalue weighted by atomic mass is 10.2. The molecule has 0 saturated carbocycles. The van der Waals surface area contributed by atoms with E-state index in [4.69, 9.17) is 0 Å². The summed E-state index contributed by atoms with van der Waals surface area (Å²) in [6.07, 6.45) is 5.99. The number of rotatable bonds is 3. The van der Waals surface area contributed by atoms with E-state index in [1.54, 1.807) is 18.3 Å². The molecule has 1 aliphatic rings. The molecule has 5 heteroatoms. The Hall–Kier alpha value is -2.58. The summed E-state index contributed by atoms with van der Waals surface area (Å²) in [6, 6.07) is 9.04. The summed E-state index contributed by atoms with van der Waals surface area (Å²) in [5.41, 5.74) is 6.37. The molecule has 0 atom stereocenters. The van der Waals surface area contributed by atoms with Crippen molar-refractivity contribution in [1.82, 2.24) is 4.98 Å². The maximum atomic E-state index is 12.3. The molecule has 3 rings (SSSR count). The second-order valence-electron chi connectivity index (χ2n) is 4.15. The Morgan fingerprint density at radius 2 is 1.95 bits per heavy atom. The standard InChI is InChI=1S/C15H10N2O2S/c18-20(19,13-8-2-1-3-9-13)17-14-10-4-6-12-7-5-11-16-15(12)14/h2,4-11,17H. The van der Waals surface area contributed by atoms with Gasteiger partial charge < -0.3 is 0 Å². The van der Waals surface area contributed by atoms with Crippen LogP contribution < -0.4 is 4.72 Å². The molecule has 0 unspecified atom stereocenters. The molecule has 20 heavy (non-hydrogen) atoms. The van der Waals surface area contributed by atoms with E-state index in [-0.39, 0.29) is 4.91 Å². The summed E-state index contributed by atoms with van der Waals surface area (Å²) < 4.78 is 27.1. The molecule has 1 heterocycles. The maximum Gasteiger partial charge on any atom is 0.262 e. The van der Waals surface area contributed by atoms with E-state index >= 15 is 0 Å². The van der Waals surface area contributed by atoms with Crippen LogP contribution in [-0.4, -0.2) is 13.4 Å². The van der Waals surface area contributed by atoms with Crippen LogP contribution in [0.1, 0.15) is 0 Å². The molecule has 0 fully saturated rings. The molecule has 1 aliphatic carbocycles. The Labute approximate surface area is 116 Å². The minimum Gasteiger partial charge on any atom is -0.277 e. The maximum absolute atomic E-state index is 12.3. The third kappa shape index (κ3) is 2.29. The summed E-state index contributed by atoms with van der Waals surface area (Å²) in [5.74, 6) is 0. The molecule has 0 saturated heterocycles. The fourth-order valence-electron chi connectivity index (χ4n) is 1.89. The van der Waals surface area contributed by atoms with Crippen molar-refractivity contribution in [2.24, 2.45) is 0 Å². The number of nitrogens with one attached hydrogen (secondary N) is 1. The largest absolute Gasteiger partial charge is 0.277 e. The van der Waals surface area contributed by atoms with Gasteiger partial charge in [-0.05, 0) is 24.3 Å². The van der Waals surface area contributed by atoms with Gasteiger partial charge in [0.25, 0.3) is 10.0 Å². The zero-order valence-electron chi connectivity index (χ0n) is 10.4. The van der Waals surface area contributed by atoms with E-state index in [9.17, 15) is 8.42 Å². The van der Waals surface area contributed by atoms with Crippen LogP contribution in [0.3, 0.4) is 0 Å². The average Bonchev–Trinajstić information content (AvgIpc) is 2.48. The first-order chi connectivity index (χ1) is 9.67. The highest BCUT2D eigenvalue weighted by Crippen LogP contribution is 2.23. The normalized spacial score (nSPS) is 13.5. The molecule has 0 spiro atoms. The molecule has 1 aromatic carbocycles. The molecule has 0 aliphatic heterocycles. The third-order valence-corrected chi connectivity index (χ3v) is 4.18. The monoisotopic (exact) mass is 282 g/mol. The van der Waals surface area contributed by atoms with Crippen molar-refractivity contribution >= 4 is 26.6 Å². The number of hydrogen-bond donors (Lipinski definition) is 1. The van der Waals surface area contributed by atoms with Gasteiger partial charge in [0.1, 0.15) is 0 Å². The van der Waals surface area contributed by atoms with Gasteiger partial charge in [0.05, 0.1) is 16.1 Å². The number of anilines is 1. The summed E-state index contributed by atoms with van der Waals surface area (Å²) in [6.45, 7) is 0. The number of hydrogen-bond acceptors (Lipinski definition) is 3. The first-order valence-electron chi connectivity index (χ1n) is 5.91. The van der Waals surface area contributed by atoms with Gasteiger partial charge in [-0.1, -0.05) is 29.7 Å². The fourth-order valence-corrected chi connectivity index (χ4v) is 2.92. The number of pyridine rings is 1. The Kier molecular flexibility index (Phi) is 3.01. The van der Waals surface area contributed by atoms with Gasteiger partial charge in [-0.2, -0.15) is 0 Å². The van der Waals surface area contributed by atoms with Crippen LogP contribution in [0.4, 0.5) is 5.69 Å². The third-order valence-electron chi connectivity index (χ3n) is 2.82. The highest BCUT2D eigenvalue weighted by Gasteiger charge is 2.17. The topological polar surface area (TPSA) is 59.1 Å². The Morgan fingerprint density at radius 3 is 2.75 bits per heavy atom. The zero-order chi connectivity index (χ0) is 14.0. The van der Waals surface area contributed by atoms with Crippen LogP contribution in [0.5, 0.6) is 0 Å². The number of allylic oxidation sites excluding steroid dienone is 3. The molecule has 2 aromatic rings. The van der Waals surface area contributed by atoms with Crippen molar-refractivity contribution in [2.75, 3.05) is 4.72 Å². The Balaban J connectivity index is 2.04. The lowest BCUT2D eigenvalue weighted by Gasteiger charge is -2.10. The summed E-state index contributed by atoms with van der Waals surface area (Å²) >= 11 is 0. The molecular weight excluding hydrogens is 272 g/mol. The van der Waals surface area contributed by atoms with Gasteiger partial charge in [-0.3, -0.25) is 9.71 Å². The lowest BCUT2D eigenvalue weighted by Crippen LogP contribution is -2.14. The van der Waals surface area contributed by atoms with Crippen molar-refractivity contribution in [3.63, 3.8) is 0 Å². The van der Waals surface area contributed by atoms with Gasteiger partial charge in [0.15, 0.2) is 0 Å². The number of aromatic nitrogens is 1. The van der Waals surface area contributed by atoms with Crippen LogP contribution >= 0.6 is 0 Å². The number of benzene rings is 1. The molecule has 0 bridgehead atoms. The predicted octanol–water partition coefficient (Wildman–Crippen LogP) is 2.74. The summed E-state index contributed by atoms with van der Waals surface area (Å²) in [7, 11) is -3.65. The molecule has 1 aromatic heterocycles. The van der Waals surface area contributed by atoms with Crippen LogP contribution in [0.15, 0.2) is 71.1 Å². The fraction of sp³-hybridized carbons (Fsp3) is 0. The van der Waals surface area contributed by atoms with Crippen molar-refractivity contribution in [3.8, 4) is 0 Å². The van der Waals surface area contributed by atoms with Gasteiger partial charge in [0, 0.05) is 17.7 Å². The van der Waals surface area contributed by atoms with Crippen LogP contribution in [0.25, 0.3) is 10.9 Å². The zero-order valence-corrected chi connectivity index (χ0v) is 11.2. The minimum atomic E-state index is -3.65. The van der Waals surface area contributed by atoms with E-state index in [2.05, 4.69) is 21.2 Å². The van der Waals surface area contributed by atoms with E-state index < -0.39 is 10.0 Å². The van der Waals surface area contributed by atoms with Gasteiger partial charge in [0.2, 0.25) is 0 Å². The molecular formula is C15H10N2O2S. The van der Waals surface area contributed by atoms with Crippen molar-refractivity contribution in [1.29, 1.82) is 0 Å². The number of nitrogens with zero attached hydrogens (tertiary/aromatic N) is 1. The first kappa shape index (κ1) is 12.5.